The van der Waals surface area contributed by atoms with E-state index >= 15 is 0 Å². The molecule has 1 fully saturated rings. The number of nitrogens with zero attached hydrogens (tertiary/aromatic N) is 2. The highest BCUT2D eigenvalue weighted by Crippen LogP contribution is 2.32. The van der Waals surface area contributed by atoms with Crippen LogP contribution in [0.25, 0.3) is 0 Å². The van der Waals surface area contributed by atoms with Crippen LogP contribution in [0.5, 0.6) is 0 Å². The van der Waals surface area contributed by atoms with Gasteiger partial charge in [-0.15, -0.1) is 0 Å². The third-order valence-corrected chi connectivity index (χ3v) is 4.45. The van der Waals surface area contributed by atoms with Crippen LogP contribution in [0.3, 0.4) is 0 Å². The monoisotopic (exact) mass is 325 g/mol. The molecule has 122 valence electrons. The molecular formula is C16H24ClN3O2. The van der Waals surface area contributed by atoms with Crippen molar-refractivity contribution in [2.24, 2.45) is 5.41 Å². The Kier molecular flexibility index (Phi) is 5.29. The first kappa shape index (κ1) is 17.0. The zero-order valence-electron chi connectivity index (χ0n) is 13.3. The van der Waals surface area contributed by atoms with Gasteiger partial charge >= 0.3 is 6.09 Å². The van der Waals surface area contributed by atoms with Gasteiger partial charge in [0.1, 0.15) is 5.15 Å². The van der Waals surface area contributed by atoms with E-state index in [1.54, 1.807) is 17.2 Å². The molecule has 1 aromatic rings. The second-order valence-electron chi connectivity index (χ2n) is 6.95. The quantitative estimate of drug-likeness (QED) is 0.836. The van der Waals surface area contributed by atoms with Crippen molar-refractivity contribution in [1.82, 2.24) is 15.2 Å². The molecule has 5 nitrogen and oxygen atoms in total. The van der Waals surface area contributed by atoms with Crippen LogP contribution in [-0.4, -0.2) is 39.7 Å². The first-order chi connectivity index (χ1) is 10.3. The van der Waals surface area contributed by atoms with E-state index in [2.05, 4.69) is 31.1 Å². The molecule has 2 rings (SSSR count). The van der Waals surface area contributed by atoms with Crippen molar-refractivity contribution in [3.05, 3.63) is 29.0 Å². The van der Waals surface area contributed by atoms with Crippen LogP contribution >= 0.6 is 11.6 Å². The maximum Gasteiger partial charge on any atom is 0.407 e. The lowest BCUT2D eigenvalue weighted by Crippen LogP contribution is -2.55. The highest BCUT2D eigenvalue weighted by molar-refractivity contribution is 6.29. The van der Waals surface area contributed by atoms with Gasteiger partial charge in [-0.3, -0.25) is 0 Å². The van der Waals surface area contributed by atoms with Crippen molar-refractivity contribution >= 4 is 17.7 Å². The molecule has 6 heteroatoms. The number of pyridine rings is 1. The molecule has 1 amide bonds. The first-order valence-electron chi connectivity index (χ1n) is 7.61. The number of nitrogens with one attached hydrogen (secondary N) is 1. The smallest absolute Gasteiger partial charge is 0.407 e. The van der Waals surface area contributed by atoms with Crippen molar-refractivity contribution in [3.63, 3.8) is 0 Å². The number of carboxylic acid groups (broad SMARTS) is 1. The van der Waals surface area contributed by atoms with Crippen LogP contribution in [0.15, 0.2) is 18.3 Å². The summed E-state index contributed by atoms with van der Waals surface area (Å²) in [5.74, 6) is 0. The molecule has 0 spiro atoms. The number of halogens is 1. The van der Waals surface area contributed by atoms with Gasteiger partial charge in [-0.05, 0) is 29.9 Å². The molecule has 0 radical (unpaired) electrons. The van der Waals surface area contributed by atoms with Crippen LogP contribution in [0.2, 0.25) is 5.15 Å². The van der Waals surface area contributed by atoms with Gasteiger partial charge in [0.05, 0.1) is 0 Å². The minimum absolute atomic E-state index is 0.0274. The molecule has 0 saturated carbocycles. The summed E-state index contributed by atoms with van der Waals surface area (Å²) in [6.45, 7) is 7.59. The molecule has 22 heavy (non-hydrogen) atoms. The lowest BCUT2D eigenvalue weighted by Gasteiger charge is -2.44. The molecule has 2 unspecified atom stereocenters. The average Bonchev–Trinajstić information content (AvgIpc) is 2.45. The van der Waals surface area contributed by atoms with Crippen LogP contribution < -0.4 is 5.32 Å². The molecule has 0 aliphatic carbocycles. The topological polar surface area (TPSA) is 65.5 Å². The minimum Gasteiger partial charge on any atom is -0.465 e. The van der Waals surface area contributed by atoms with E-state index in [-0.39, 0.29) is 11.5 Å². The van der Waals surface area contributed by atoms with Crippen LogP contribution in [0, 0.1) is 5.41 Å². The number of aromatic nitrogens is 1. The second kappa shape index (κ2) is 6.84. The van der Waals surface area contributed by atoms with E-state index in [1.807, 2.05) is 6.07 Å². The largest absolute Gasteiger partial charge is 0.465 e. The van der Waals surface area contributed by atoms with Crippen molar-refractivity contribution in [2.45, 2.75) is 52.2 Å². The summed E-state index contributed by atoms with van der Waals surface area (Å²) in [5, 5.41) is 13.4. The SMILES string of the molecule is CC(C)(C)C1CC(NCc2ccc(Cl)nc2)CCN1C(=O)O. The zero-order valence-corrected chi connectivity index (χ0v) is 14.1. The summed E-state index contributed by atoms with van der Waals surface area (Å²) < 4.78 is 0. The number of rotatable bonds is 3. The van der Waals surface area contributed by atoms with Crippen molar-refractivity contribution in [2.75, 3.05) is 6.54 Å². The molecule has 1 aromatic heterocycles. The number of hydrogen-bond acceptors (Lipinski definition) is 3. The van der Waals surface area contributed by atoms with Crippen molar-refractivity contribution in [1.29, 1.82) is 0 Å². The third kappa shape index (κ3) is 4.34. The lowest BCUT2D eigenvalue weighted by molar-refractivity contribution is 0.0481. The van der Waals surface area contributed by atoms with Crippen molar-refractivity contribution in [3.8, 4) is 0 Å². The summed E-state index contributed by atoms with van der Waals surface area (Å²) in [6.07, 6.45) is 2.61. The fourth-order valence-corrected chi connectivity index (χ4v) is 3.09. The predicted octanol–water partition coefficient (Wildman–Crippen LogP) is 3.38. The van der Waals surface area contributed by atoms with E-state index < -0.39 is 6.09 Å². The van der Waals surface area contributed by atoms with E-state index in [4.69, 9.17) is 11.6 Å². The van der Waals surface area contributed by atoms with Crippen LogP contribution in [0.1, 0.15) is 39.2 Å². The van der Waals surface area contributed by atoms with Gasteiger partial charge in [-0.25, -0.2) is 9.78 Å². The Balaban J connectivity index is 1.96. The number of amides is 1. The predicted molar refractivity (Wildman–Crippen MR) is 87.1 cm³/mol. The normalized spacial score (nSPS) is 22.6. The summed E-state index contributed by atoms with van der Waals surface area (Å²) in [7, 11) is 0. The third-order valence-electron chi connectivity index (χ3n) is 4.23. The van der Waals surface area contributed by atoms with E-state index in [0.29, 0.717) is 17.7 Å². The maximum atomic E-state index is 11.4. The van der Waals surface area contributed by atoms with Gasteiger partial charge in [0, 0.05) is 31.4 Å². The second-order valence-corrected chi connectivity index (χ2v) is 7.34. The van der Waals surface area contributed by atoms with Gasteiger partial charge < -0.3 is 15.3 Å². The van der Waals surface area contributed by atoms with Crippen molar-refractivity contribution < 1.29 is 9.90 Å². The Morgan fingerprint density at radius 1 is 1.50 bits per heavy atom. The Morgan fingerprint density at radius 2 is 2.23 bits per heavy atom. The van der Waals surface area contributed by atoms with E-state index in [0.717, 1.165) is 24.9 Å². The Morgan fingerprint density at radius 3 is 2.77 bits per heavy atom. The van der Waals surface area contributed by atoms with Gasteiger partial charge in [-0.1, -0.05) is 38.4 Å². The molecular weight excluding hydrogens is 302 g/mol. The Labute approximate surface area is 136 Å². The highest BCUT2D eigenvalue weighted by Gasteiger charge is 2.38. The number of hydrogen-bond donors (Lipinski definition) is 2. The fourth-order valence-electron chi connectivity index (χ4n) is 2.97. The molecule has 1 saturated heterocycles. The standard InChI is InChI=1S/C16H24ClN3O2/c1-16(2,3)13-8-12(6-7-20(13)15(21)22)18-9-11-4-5-14(17)19-10-11/h4-5,10,12-13,18H,6-9H2,1-3H3,(H,21,22). The Bertz CT molecular complexity index is 513. The zero-order chi connectivity index (χ0) is 16.3. The van der Waals surface area contributed by atoms with Gasteiger partial charge in [0.2, 0.25) is 0 Å². The molecule has 1 aliphatic rings. The maximum absolute atomic E-state index is 11.4. The molecule has 0 bridgehead atoms. The van der Waals surface area contributed by atoms with Crippen LogP contribution in [-0.2, 0) is 6.54 Å². The van der Waals surface area contributed by atoms with Gasteiger partial charge in [0.15, 0.2) is 0 Å². The van der Waals surface area contributed by atoms with Crippen LogP contribution in [0.4, 0.5) is 4.79 Å². The van der Waals surface area contributed by atoms with Gasteiger partial charge in [0.25, 0.3) is 0 Å². The number of piperidine rings is 1. The summed E-state index contributed by atoms with van der Waals surface area (Å²) in [4.78, 5) is 17.1. The Hall–Kier alpha value is -1.33. The molecule has 2 N–H and O–H groups in total. The first-order valence-corrected chi connectivity index (χ1v) is 7.98. The molecule has 1 aliphatic heterocycles. The molecule has 2 heterocycles. The van der Waals surface area contributed by atoms with E-state index in [9.17, 15) is 9.90 Å². The summed E-state index contributed by atoms with van der Waals surface area (Å²) in [6, 6.07) is 4.08. The minimum atomic E-state index is -0.819. The summed E-state index contributed by atoms with van der Waals surface area (Å²) in [5.41, 5.74) is 1.01. The fraction of sp³-hybridized carbons (Fsp3) is 0.625. The highest BCUT2D eigenvalue weighted by atomic mass is 35.5. The lowest BCUT2D eigenvalue weighted by atomic mass is 9.79. The average molecular weight is 326 g/mol. The summed E-state index contributed by atoms with van der Waals surface area (Å²) >= 11 is 5.78. The van der Waals surface area contributed by atoms with E-state index in [1.165, 1.54) is 0 Å². The number of carbonyl (C=O) groups is 1. The molecule has 0 aromatic carbocycles. The number of likely N-dealkylation sites (tertiary alicyclic amines) is 1. The molecule has 2 atom stereocenters. The van der Waals surface area contributed by atoms with Gasteiger partial charge in [-0.2, -0.15) is 0 Å².